The number of hydrogen-bond donors (Lipinski definition) is 2. The number of nitrogens with one attached hydrogen (secondary N) is 1. The van der Waals surface area contributed by atoms with Crippen LogP contribution < -0.4 is 5.32 Å². The number of ether oxygens (including phenoxy) is 2. The van der Waals surface area contributed by atoms with Gasteiger partial charge in [0.2, 0.25) is 0 Å². The Hall–Kier alpha value is -1.30. The second-order valence-electron chi connectivity index (χ2n) is 5.25. The first-order valence-electron chi connectivity index (χ1n) is 6.57. The van der Waals surface area contributed by atoms with Crippen LogP contribution in [0.4, 0.5) is 4.79 Å². The molecule has 0 bridgehead atoms. The van der Waals surface area contributed by atoms with Crippen LogP contribution >= 0.6 is 0 Å². The number of aliphatic carboxylic acids is 1. The van der Waals surface area contributed by atoms with Crippen molar-refractivity contribution < 1.29 is 24.2 Å². The second kappa shape index (κ2) is 9.61. The summed E-state index contributed by atoms with van der Waals surface area (Å²) in [5, 5.41) is 11.1. The van der Waals surface area contributed by atoms with E-state index >= 15 is 0 Å². The fourth-order valence-corrected chi connectivity index (χ4v) is 1.27. The molecule has 0 aliphatic rings. The quantitative estimate of drug-likeness (QED) is 0.630. The molecule has 2 N–H and O–H groups in total. The van der Waals surface area contributed by atoms with Crippen molar-refractivity contribution in [3.05, 3.63) is 0 Å². The van der Waals surface area contributed by atoms with Gasteiger partial charge in [0.1, 0.15) is 5.60 Å². The fraction of sp³-hybridized carbons (Fsp3) is 0.846. The maximum atomic E-state index is 11.3. The van der Waals surface area contributed by atoms with Crippen LogP contribution in [0.3, 0.4) is 0 Å². The highest BCUT2D eigenvalue weighted by atomic mass is 16.6. The van der Waals surface area contributed by atoms with Crippen molar-refractivity contribution in [1.82, 2.24) is 5.32 Å². The van der Waals surface area contributed by atoms with Crippen LogP contribution in [0.15, 0.2) is 0 Å². The van der Waals surface area contributed by atoms with Gasteiger partial charge < -0.3 is 19.9 Å². The van der Waals surface area contributed by atoms with E-state index in [0.29, 0.717) is 13.2 Å². The minimum Gasteiger partial charge on any atom is -0.481 e. The van der Waals surface area contributed by atoms with Crippen molar-refractivity contribution in [3.63, 3.8) is 0 Å². The van der Waals surface area contributed by atoms with Crippen LogP contribution in [0.2, 0.25) is 0 Å². The number of carbonyl (C=O) groups is 2. The summed E-state index contributed by atoms with van der Waals surface area (Å²) in [7, 11) is 0. The predicted molar refractivity (Wildman–Crippen MR) is 71.2 cm³/mol. The Labute approximate surface area is 114 Å². The number of carboxylic acid groups (broad SMARTS) is 1. The maximum Gasteiger partial charge on any atom is 0.407 e. The molecule has 6 heteroatoms. The summed E-state index contributed by atoms with van der Waals surface area (Å²) in [5.74, 6) is -0.846. The zero-order valence-corrected chi connectivity index (χ0v) is 12.0. The Morgan fingerprint density at radius 1 is 1.11 bits per heavy atom. The van der Waals surface area contributed by atoms with E-state index < -0.39 is 17.7 Å². The first-order chi connectivity index (χ1) is 8.81. The molecule has 19 heavy (non-hydrogen) atoms. The van der Waals surface area contributed by atoms with E-state index in [4.69, 9.17) is 14.6 Å². The van der Waals surface area contributed by atoms with Gasteiger partial charge in [0.25, 0.3) is 0 Å². The number of alkyl carbamates (subject to hydrolysis) is 1. The third-order valence-corrected chi connectivity index (χ3v) is 2.09. The van der Waals surface area contributed by atoms with Crippen molar-refractivity contribution >= 4 is 12.1 Å². The molecule has 0 spiro atoms. The molecule has 0 unspecified atom stereocenters. The topological polar surface area (TPSA) is 84.9 Å². The van der Waals surface area contributed by atoms with Crippen LogP contribution in [0.25, 0.3) is 0 Å². The van der Waals surface area contributed by atoms with E-state index in [9.17, 15) is 9.59 Å². The number of carbonyl (C=O) groups excluding carboxylic acids is 1. The normalized spacial score (nSPS) is 11.1. The lowest BCUT2D eigenvalue weighted by Crippen LogP contribution is -2.33. The zero-order valence-electron chi connectivity index (χ0n) is 12.0. The Bertz CT molecular complexity index is 273. The Morgan fingerprint density at radius 2 is 1.79 bits per heavy atom. The van der Waals surface area contributed by atoms with Crippen molar-refractivity contribution in [2.24, 2.45) is 0 Å². The third kappa shape index (κ3) is 14.6. The van der Waals surface area contributed by atoms with Gasteiger partial charge >= 0.3 is 12.1 Å². The zero-order chi connectivity index (χ0) is 14.7. The lowest BCUT2D eigenvalue weighted by Gasteiger charge is -2.19. The van der Waals surface area contributed by atoms with Crippen molar-refractivity contribution in [1.29, 1.82) is 0 Å². The van der Waals surface area contributed by atoms with Crippen molar-refractivity contribution in [3.8, 4) is 0 Å². The van der Waals surface area contributed by atoms with E-state index in [-0.39, 0.29) is 13.0 Å². The summed E-state index contributed by atoms with van der Waals surface area (Å²) >= 11 is 0. The third-order valence-electron chi connectivity index (χ3n) is 2.09. The highest BCUT2D eigenvalue weighted by Gasteiger charge is 2.15. The standard InChI is InChI=1S/C13H25NO5/c1-13(2,3)19-12(17)14-8-5-4-6-9-18-10-7-11(15)16/h4-10H2,1-3H3,(H,14,17)(H,15,16). The Kier molecular flexibility index (Phi) is 8.95. The van der Waals surface area contributed by atoms with E-state index in [1.807, 2.05) is 20.8 Å². The summed E-state index contributed by atoms with van der Waals surface area (Å²) in [6, 6.07) is 0. The summed E-state index contributed by atoms with van der Waals surface area (Å²) in [6.07, 6.45) is 2.27. The van der Waals surface area contributed by atoms with E-state index in [0.717, 1.165) is 19.3 Å². The molecule has 6 nitrogen and oxygen atoms in total. The number of rotatable bonds is 9. The van der Waals surface area contributed by atoms with Gasteiger partial charge in [0.05, 0.1) is 13.0 Å². The molecule has 0 saturated carbocycles. The molecule has 0 aliphatic heterocycles. The molecule has 1 amide bonds. The maximum absolute atomic E-state index is 11.3. The molecule has 0 heterocycles. The van der Waals surface area contributed by atoms with Crippen LogP contribution in [0.1, 0.15) is 46.5 Å². The monoisotopic (exact) mass is 275 g/mol. The SMILES string of the molecule is CC(C)(C)OC(=O)NCCCCCOCCC(=O)O. The van der Waals surface area contributed by atoms with Gasteiger partial charge in [0, 0.05) is 13.2 Å². The predicted octanol–water partition coefficient (Wildman–Crippen LogP) is 2.17. The lowest BCUT2D eigenvalue weighted by molar-refractivity contribution is -0.138. The summed E-state index contributed by atoms with van der Waals surface area (Å²) in [4.78, 5) is 21.5. The van der Waals surface area contributed by atoms with Crippen molar-refractivity contribution in [2.45, 2.75) is 52.1 Å². The Morgan fingerprint density at radius 3 is 2.37 bits per heavy atom. The van der Waals surface area contributed by atoms with Gasteiger partial charge in [-0.25, -0.2) is 4.79 Å². The largest absolute Gasteiger partial charge is 0.481 e. The molecule has 112 valence electrons. The molecule has 0 fully saturated rings. The molecule has 0 atom stereocenters. The number of amides is 1. The number of unbranched alkanes of at least 4 members (excludes halogenated alkanes) is 2. The van der Waals surface area contributed by atoms with Crippen LogP contribution in [-0.2, 0) is 14.3 Å². The summed E-state index contributed by atoms with van der Waals surface area (Å²) in [5.41, 5.74) is -0.470. The van der Waals surface area contributed by atoms with Crippen molar-refractivity contribution in [2.75, 3.05) is 19.8 Å². The van der Waals surface area contributed by atoms with Gasteiger partial charge in [-0.05, 0) is 40.0 Å². The molecule has 0 saturated heterocycles. The molecule has 0 rings (SSSR count). The van der Waals surface area contributed by atoms with Gasteiger partial charge in [-0.3, -0.25) is 4.79 Å². The first-order valence-corrected chi connectivity index (χ1v) is 6.57. The number of carboxylic acids is 1. The average molecular weight is 275 g/mol. The summed E-state index contributed by atoms with van der Waals surface area (Å²) < 4.78 is 10.2. The molecule has 0 radical (unpaired) electrons. The first kappa shape index (κ1) is 17.7. The molecular weight excluding hydrogens is 250 g/mol. The number of hydrogen-bond acceptors (Lipinski definition) is 4. The molecule has 0 aromatic heterocycles. The van der Waals surface area contributed by atoms with E-state index in [2.05, 4.69) is 5.32 Å². The van der Waals surface area contributed by atoms with E-state index in [1.165, 1.54) is 0 Å². The van der Waals surface area contributed by atoms with Gasteiger partial charge in [-0.15, -0.1) is 0 Å². The van der Waals surface area contributed by atoms with Crippen LogP contribution in [0, 0.1) is 0 Å². The average Bonchev–Trinajstić information content (AvgIpc) is 2.24. The van der Waals surface area contributed by atoms with Crippen LogP contribution in [0.5, 0.6) is 0 Å². The van der Waals surface area contributed by atoms with Gasteiger partial charge in [-0.1, -0.05) is 0 Å². The fourth-order valence-electron chi connectivity index (χ4n) is 1.27. The molecule has 0 aliphatic carbocycles. The molecule has 0 aromatic rings. The van der Waals surface area contributed by atoms with Gasteiger partial charge in [-0.2, -0.15) is 0 Å². The highest BCUT2D eigenvalue weighted by molar-refractivity contribution is 5.67. The smallest absolute Gasteiger partial charge is 0.407 e. The molecular formula is C13H25NO5. The highest BCUT2D eigenvalue weighted by Crippen LogP contribution is 2.06. The lowest BCUT2D eigenvalue weighted by atomic mass is 10.2. The van der Waals surface area contributed by atoms with Crippen LogP contribution in [-0.4, -0.2) is 42.5 Å². The second-order valence-corrected chi connectivity index (χ2v) is 5.25. The van der Waals surface area contributed by atoms with Gasteiger partial charge in [0.15, 0.2) is 0 Å². The molecule has 0 aromatic carbocycles. The Balaban J connectivity index is 3.27. The minimum atomic E-state index is -0.846. The summed E-state index contributed by atoms with van der Waals surface area (Å²) in [6.45, 7) is 6.85. The minimum absolute atomic E-state index is 0.0419. The van der Waals surface area contributed by atoms with E-state index in [1.54, 1.807) is 0 Å².